The van der Waals surface area contributed by atoms with Crippen LogP contribution in [0.4, 0.5) is 0 Å². The standard InChI is InChI=1S/C9H11NO2/c1-2-3-6-10-9(11)8-5-4-7-12-8/h2-5,7H,6H2,1H3,(H,10,11)/b3-2+. The monoisotopic (exact) mass is 165 g/mol. The molecular weight excluding hydrogens is 154 g/mol. The molecule has 0 radical (unpaired) electrons. The summed E-state index contributed by atoms with van der Waals surface area (Å²) in [5.41, 5.74) is 0. The Hall–Kier alpha value is -1.51. The lowest BCUT2D eigenvalue weighted by atomic mass is 10.4. The second kappa shape index (κ2) is 4.38. The molecule has 1 aromatic heterocycles. The Bertz CT molecular complexity index is 262. The minimum Gasteiger partial charge on any atom is -0.459 e. The minimum absolute atomic E-state index is 0.182. The van der Waals surface area contributed by atoms with Gasteiger partial charge in [0, 0.05) is 6.54 Å². The van der Waals surface area contributed by atoms with E-state index in [9.17, 15) is 4.79 Å². The van der Waals surface area contributed by atoms with E-state index in [0.29, 0.717) is 12.3 Å². The first-order valence-electron chi connectivity index (χ1n) is 3.77. The Morgan fingerprint density at radius 2 is 2.58 bits per heavy atom. The molecule has 0 aliphatic rings. The van der Waals surface area contributed by atoms with Gasteiger partial charge >= 0.3 is 0 Å². The van der Waals surface area contributed by atoms with Gasteiger partial charge in [0.15, 0.2) is 5.76 Å². The van der Waals surface area contributed by atoms with Crippen molar-refractivity contribution in [2.45, 2.75) is 6.92 Å². The molecular formula is C9H11NO2. The molecule has 0 saturated carbocycles. The van der Waals surface area contributed by atoms with Crippen LogP contribution in [0, 0.1) is 0 Å². The third kappa shape index (κ3) is 2.27. The van der Waals surface area contributed by atoms with Gasteiger partial charge in [0.2, 0.25) is 0 Å². The fourth-order valence-electron chi connectivity index (χ4n) is 0.764. The summed E-state index contributed by atoms with van der Waals surface area (Å²) in [6.45, 7) is 2.44. The van der Waals surface area contributed by atoms with E-state index in [4.69, 9.17) is 4.42 Å². The van der Waals surface area contributed by atoms with Crippen molar-refractivity contribution >= 4 is 5.91 Å². The average molecular weight is 165 g/mol. The van der Waals surface area contributed by atoms with E-state index in [1.165, 1.54) is 6.26 Å². The number of hydrogen-bond donors (Lipinski definition) is 1. The second-order valence-electron chi connectivity index (χ2n) is 2.26. The zero-order chi connectivity index (χ0) is 8.81. The Morgan fingerprint density at radius 1 is 1.75 bits per heavy atom. The van der Waals surface area contributed by atoms with Crippen molar-refractivity contribution < 1.29 is 9.21 Å². The minimum atomic E-state index is -0.182. The predicted octanol–water partition coefficient (Wildman–Crippen LogP) is 1.59. The van der Waals surface area contributed by atoms with Gasteiger partial charge < -0.3 is 9.73 Å². The van der Waals surface area contributed by atoms with E-state index in [0.717, 1.165) is 0 Å². The van der Waals surface area contributed by atoms with Crippen LogP contribution in [0.1, 0.15) is 17.5 Å². The summed E-state index contributed by atoms with van der Waals surface area (Å²) in [5, 5.41) is 2.67. The molecule has 0 aromatic carbocycles. The molecule has 1 amide bonds. The number of hydrogen-bond acceptors (Lipinski definition) is 2. The van der Waals surface area contributed by atoms with Crippen LogP contribution in [0.25, 0.3) is 0 Å². The number of furan rings is 1. The van der Waals surface area contributed by atoms with Crippen LogP contribution >= 0.6 is 0 Å². The molecule has 0 spiro atoms. The molecule has 0 atom stereocenters. The number of carbonyl (C=O) groups excluding carboxylic acids is 1. The third-order valence-corrected chi connectivity index (χ3v) is 1.36. The molecule has 1 N–H and O–H groups in total. The summed E-state index contributed by atoms with van der Waals surface area (Å²) in [7, 11) is 0. The van der Waals surface area contributed by atoms with E-state index in [1.807, 2.05) is 19.1 Å². The quantitative estimate of drug-likeness (QED) is 0.691. The number of carbonyl (C=O) groups is 1. The first-order chi connectivity index (χ1) is 5.84. The molecule has 3 nitrogen and oxygen atoms in total. The zero-order valence-electron chi connectivity index (χ0n) is 6.91. The number of allylic oxidation sites excluding steroid dienone is 1. The highest BCUT2D eigenvalue weighted by Crippen LogP contribution is 1.98. The molecule has 1 aromatic rings. The normalized spacial score (nSPS) is 10.4. The van der Waals surface area contributed by atoms with Gasteiger partial charge in [0.1, 0.15) is 0 Å². The summed E-state index contributed by atoms with van der Waals surface area (Å²) in [6, 6.07) is 3.32. The SMILES string of the molecule is C/C=C/CNC(=O)c1ccco1. The van der Waals surface area contributed by atoms with Crippen molar-refractivity contribution in [1.29, 1.82) is 0 Å². The van der Waals surface area contributed by atoms with Crippen LogP contribution < -0.4 is 5.32 Å². The Kier molecular flexibility index (Phi) is 3.14. The average Bonchev–Trinajstić information content (AvgIpc) is 2.56. The lowest BCUT2D eigenvalue weighted by molar-refractivity contribution is 0.0930. The summed E-state index contributed by atoms with van der Waals surface area (Å²) >= 11 is 0. The largest absolute Gasteiger partial charge is 0.459 e. The van der Waals surface area contributed by atoms with E-state index in [2.05, 4.69) is 5.32 Å². The molecule has 1 heterocycles. The highest BCUT2D eigenvalue weighted by atomic mass is 16.3. The molecule has 0 fully saturated rings. The summed E-state index contributed by atoms with van der Waals surface area (Å²) in [5.74, 6) is 0.164. The molecule has 0 aliphatic heterocycles. The topological polar surface area (TPSA) is 42.2 Å². The van der Waals surface area contributed by atoms with E-state index in [-0.39, 0.29) is 5.91 Å². The Labute approximate surface area is 71.1 Å². The zero-order valence-corrected chi connectivity index (χ0v) is 6.91. The first-order valence-corrected chi connectivity index (χ1v) is 3.77. The van der Waals surface area contributed by atoms with Gasteiger partial charge in [0.25, 0.3) is 5.91 Å². The van der Waals surface area contributed by atoms with Crippen LogP contribution in [-0.4, -0.2) is 12.5 Å². The van der Waals surface area contributed by atoms with Gasteiger partial charge in [-0.05, 0) is 19.1 Å². The maximum atomic E-state index is 11.1. The smallest absolute Gasteiger partial charge is 0.287 e. The second-order valence-corrected chi connectivity index (χ2v) is 2.26. The maximum Gasteiger partial charge on any atom is 0.287 e. The molecule has 1 rings (SSSR count). The van der Waals surface area contributed by atoms with Crippen molar-refractivity contribution in [1.82, 2.24) is 5.32 Å². The Balaban J connectivity index is 2.40. The number of rotatable bonds is 3. The van der Waals surface area contributed by atoms with Crippen molar-refractivity contribution in [3.63, 3.8) is 0 Å². The van der Waals surface area contributed by atoms with Crippen LogP contribution in [-0.2, 0) is 0 Å². The van der Waals surface area contributed by atoms with Crippen LogP contribution in [0.15, 0.2) is 35.0 Å². The lowest BCUT2D eigenvalue weighted by Crippen LogP contribution is -2.22. The van der Waals surface area contributed by atoms with Gasteiger partial charge in [-0.15, -0.1) is 0 Å². The van der Waals surface area contributed by atoms with Crippen molar-refractivity contribution in [2.75, 3.05) is 6.54 Å². The van der Waals surface area contributed by atoms with Crippen molar-refractivity contribution in [3.05, 3.63) is 36.3 Å². The van der Waals surface area contributed by atoms with Crippen LogP contribution in [0.2, 0.25) is 0 Å². The summed E-state index contributed by atoms with van der Waals surface area (Å²) < 4.78 is 4.89. The Morgan fingerprint density at radius 3 is 3.17 bits per heavy atom. The molecule has 0 aliphatic carbocycles. The van der Waals surface area contributed by atoms with Crippen LogP contribution in [0.3, 0.4) is 0 Å². The van der Waals surface area contributed by atoms with Gasteiger partial charge in [-0.25, -0.2) is 0 Å². The van der Waals surface area contributed by atoms with Gasteiger partial charge in [-0.3, -0.25) is 4.79 Å². The highest BCUT2D eigenvalue weighted by molar-refractivity contribution is 5.91. The fourth-order valence-corrected chi connectivity index (χ4v) is 0.764. The lowest BCUT2D eigenvalue weighted by Gasteiger charge is -1.96. The fraction of sp³-hybridized carbons (Fsp3) is 0.222. The number of amides is 1. The van der Waals surface area contributed by atoms with Gasteiger partial charge in [0.05, 0.1) is 6.26 Å². The maximum absolute atomic E-state index is 11.1. The number of nitrogens with one attached hydrogen (secondary N) is 1. The van der Waals surface area contributed by atoms with E-state index in [1.54, 1.807) is 12.1 Å². The molecule has 64 valence electrons. The molecule has 0 bridgehead atoms. The van der Waals surface area contributed by atoms with E-state index >= 15 is 0 Å². The third-order valence-electron chi connectivity index (χ3n) is 1.36. The molecule has 0 unspecified atom stereocenters. The van der Waals surface area contributed by atoms with Crippen molar-refractivity contribution in [2.24, 2.45) is 0 Å². The first kappa shape index (κ1) is 8.59. The van der Waals surface area contributed by atoms with Gasteiger partial charge in [-0.2, -0.15) is 0 Å². The molecule has 12 heavy (non-hydrogen) atoms. The highest BCUT2D eigenvalue weighted by Gasteiger charge is 2.04. The van der Waals surface area contributed by atoms with Crippen LogP contribution in [0.5, 0.6) is 0 Å². The summed E-state index contributed by atoms with van der Waals surface area (Å²) in [6.07, 6.45) is 5.22. The predicted molar refractivity (Wildman–Crippen MR) is 45.9 cm³/mol. The van der Waals surface area contributed by atoms with Gasteiger partial charge in [-0.1, -0.05) is 12.2 Å². The molecule has 0 saturated heterocycles. The molecule has 3 heteroatoms. The van der Waals surface area contributed by atoms with Crippen molar-refractivity contribution in [3.8, 4) is 0 Å². The van der Waals surface area contributed by atoms with E-state index < -0.39 is 0 Å². The summed E-state index contributed by atoms with van der Waals surface area (Å²) in [4.78, 5) is 11.1.